The summed E-state index contributed by atoms with van der Waals surface area (Å²) in [6.45, 7) is 3.13. The summed E-state index contributed by atoms with van der Waals surface area (Å²) in [5, 5.41) is 0. The van der Waals surface area contributed by atoms with E-state index < -0.39 is 38.8 Å². The lowest BCUT2D eigenvalue weighted by Crippen LogP contribution is -2.15. The number of ketones is 1. The Morgan fingerprint density at radius 2 is 1.61 bits per heavy atom. The third kappa shape index (κ3) is 4.56. The monoisotopic (exact) mass is 447 g/mol. The van der Waals surface area contributed by atoms with Crippen LogP contribution in [0.1, 0.15) is 32.1 Å². The molecule has 0 amide bonds. The molecular formula is C22H19F2NO5S. The molecule has 0 aliphatic heterocycles. The fourth-order valence-electron chi connectivity index (χ4n) is 3.20. The van der Waals surface area contributed by atoms with Crippen molar-refractivity contribution >= 4 is 21.6 Å². The summed E-state index contributed by atoms with van der Waals surface area (Å²) in [5.41, 5.74) is 2.79. The van der Waals surface area contributed by atoms with Crippen LogP contribution in [-0.4, -0.2) is 37.1 Å². The van der Waals surface area contributed by atoms with Crippen LogP contribution < -0.4 is 0 Å². The highest BCUT2D eigenvalue weighted by Gasteiger charge is 2.26. The van der Waals surface area contributed by atoms with Gasteiger partial charge in [0.05, 0.1) is 10.5 Å². The second-order valence-electron chi connectivity index (χ2n) is 6.79. The van der Waals surface area contributed by atoms with Gasteiger partial charge in [0.15, 0.2) is 6.61 Å². The van der Waals surface area contributed by atoms with Gasteiger partial charge >= 0.3 is 11.7 Å². The summed E-state index contributed by atoms with van der Waals surface area (Å²) < 4.78 is 55.0. The minimum Gasteiger partial charge on any atom is -0.454 e. The van der Waals surface area contributed by atoms with E-state index >= 15 is 0 Å². The molecule has 3 rings (SSSR count). The largest absolute Gasteiger partial charge is 0.454 e. The molecule has 0 radical (unpaired) electrons. The van der Waals surface area contributed by atoms with E-state index in [1.54, 1.807) is 13.0 Å². The molecule has 6 nitrogen and oxygen atoms in total. The topological polar surface area (TPSA) is 82.4 Å². The predicted molar refractivity (Wildman–Crippen MR) is 109 cm³/mol. The van der Waals surface area contributed by atoms with E-state index in [4.69, 9.17) is 4.74 Å². The number of aromatic nitrogens is 1. The Morgan fingerprint density at radius 1 is 1.00 bits per heavy atom. The van der Waals surface area contributed by atoms with Gasteiger partial charge in [-0.15, -0.1) is 0 Å². The van der Waals surface area contributed by atoms with E-state index in [-0.39, 0.29) is 5.56 Å². The summed E-state index contributed by atoms with van der Waals surface area (Å²) in [7, 11) is -4.75. The third-order valence-electron chi connectivity index (χ3n) is 4.73. The van der Waals surface area contributed by atoms with Crippen LogP contribution in [0.3, 0.4) is 0 Å². The van der Waals surface area contributed by atoms with Crippen LogP contribution in [0, 0.1) is 13.8 Å². The average molecular weight is 447 g/mol. The quantitative estimate of drug-likeness (QED) is 0.402. The first kappa shape index (κ1) is 22.4. The zero-order valence-corrected chi connectivity index (χ0v) is 17.5. The molecule has 0 N–H and O–H groups in total. The maximum absolute atomic E-state index is 12.6. The van der Waals surface area contributed by atoms with E-state index in [9.17, 15) is 26.8 Å². The number of carbonyl (C=O) groups excluding carboxylic acids is 2. The van der Waals surface area contributed by atoms with Gasteiger partial charge in [0.1, 0.15) is 0 Å². The third-order valence-corrected chi connectivity index (χ3v) is 6.13. The standard InChI is InChI=1S/C22H19F2NO5S/c1-14-12-19(15(2)25(14)17-6-4-3-5-7-17)20(26)13-30-21(27)16-8-10-18(11-9-16)31(28,29)22(23)24/h3-12,22H,13H2,1-2H3. The zero-order valence-electron chi connectivity index (χ0n) is 16.7. The smallest absolute Gasteiger partial charge is 0.341 e. The molecule has 0 bridgehead atoms. The Labute approximate surface area is 178 Å². The minimum atomic E-state index is -4.75. The highest BCUT2D eigenvalue weighted by Crippen LogP contribution is 2.22. The molecule has 3 aromatic rings. The number of benzene rings is 2. The van der Waals surface area contributed by atoms with E-state index in [1.165, 1.54) is 0 Å². The van der Waals surface area contributed by atoms with Crippen molar-refractivity contribution in [3.63, 3.8) is 0 Å². The number of hydrogen-bond acceptors (Lipinski definition) is 5. The van der Waals surface area contributed by atoms with E-state index in [0.717, 1.165) is 35.6 Å². The maximum Gasteiger partial charge on any atom is 0.341 e. The van der Waals surface area contributed by atoms with Crippen molar-refractivity contribution in [2.75, 3.05) is 6.61 Å². The summed E-state index contributed by atoms with van der Waals surface area (Å²) in [4.78, 5) is 24.2. The molecule has 0 fully saturated rings. The van der Waals surface area contributed by atoms with Gasteiger partial charge in [0.2, 0.25) is 15.6 Å². The second-order valence-corrected chi connectivity index (χ2v) is 8.70. The van der Waals surface area contributed by atoms with Crippen LogP contribution >= 0.6 is 0 Å². The molecule has 1 heterocycles. The number of sulfone groups is 1. The Hall–Kier alpha value is -3.33. The molecule has 0 aliphatic carbocycles. The average Bonchev–Trinajstić information content (AvgIpc) is 3.06. The molecule has 0 unspecified atom stereocenters. The number of ether oxygens (including phenoxy) is 1. The van der Waals surface area contributed by atoms with Gasteiger partial charge in [-0.3, -0.25) is 4.79 Å². The molecule has 0 spiro atoms. The minimum absolute atomic E-state index is 0.0595. The van der Waals surface area contributed by atoms with Crippen molar-refractivity contribution in [3.8, 4) is 5.69 Å². The first-order valence-corrected chi connectivity index (χ1v) is 10.7. The summed E-state index contributed by atoms with van der Waals surface area (Å²) in [5.74, 6) is -4.83. The summed E-state index contributed by atoms with van der Waals surface area (Å²) >= 11 is 0. The van der Waals surface area contributed by atoms with E-state index in [0.29, 0.717) is 11.3 Å². The van der Waals surface area contributed by atoms with Crippen molar-refractivity contribution in [2.24, 2.45) is 0 Å². The van der Waals surface area contributed by atoms with Crippen LogP contribution in [0.25, 0.3) is 5.69 Å². The van der Waals surface area contributed by atoms with Crippen molar-refractivity contribution in [1.29, 1.82) is 0 Å². The van der Waals surface area contributed by atoms with Crippen LogP contribution in [0.15, 0.2) is 65.6 Å². The zero-order chi connectivity index (χ0) is 22.8. The van der Waals surface area contributed by atoms with Gasteiger partial charge in [0, 0.05) is 22.6 Å². The summed E-state index contributed by atoms with van der Waals surface area (Å²) in [6, 6.07) is 15.1. The lowest BCUT2D eigenvalue weighted by Gasteiger charge is -2.10. The van der Waals surface area contributed by atoms with E-state index in [1.807, 2.05) is 41.8 Å². The van der Waals surface area contributed by atoms with Crippen LogP contribution in [0.2, 0.25) is 0 Å². The molecule has 0 atom stereocenters. The van der Waals surface area contributed by atoms with Gasteiger partial charge in [-0.05, 0) is 56.3 Å². The fraction of sp³-hybridized carbons (Fsp3) is 0.182. The maximum atomic E-state index is 12.6. The number of esters is 1. The number of carbonyl (C=O) groups is 2. The molecule has 0 saturated carbocycles. The molecule has 162 valence electrons. The van der Waals surface area contributed by atoms with Crippen molar-refractivity contribution in [3.05, 3.63) is 83.2 Å². The van der Waals surface area contributed by atoms with Crippen LogP contribution in [0.5, 0.6) is 0 Å². The van der Waals surface area contributed by atoms with Gasteiger partial charge in [-0.2, -0.15) is 8.78 Å². The molecule has 0 saturated heterocycles. The van der Waals surface area contributed by atoms with Crippen LogP contribution in [0.4, 0.5) is 8.78 Å². The molecular weight excluding hydrogens is 428 g/mol. The first-order chi connectivity index (χ1) is 14.6. The van der Waals surface area contributed by atoms with Crippen molar-refractivity contribution in [1.82, 2.24) is 4.57 Å². The SMILES string of the molecule is Cc1cc(C(=O)COC(=O)c2ccc(S(=O)(=O)C(F)F)cc2)c(C)n1-c1ccccc1. The molecule has 0 aliphatic rings. The number of aryl methyl sites for hydroxylation is 1. The Balaban J connectivity index is 1.71. The normalized spacial score (nSPS) is 11.5. The number of para-hydroxylation sites is 1. The molecule has 9 heteroatoms. The predicted octanol–water partition coefficient (Wildman–Crippen LogP) is 4.13. The Bertz CT molecular complexity index is 1220. The number of hydrogen-bond donors (Lipinski definition) is 0. The molecule has 31 heavy (non-hydrogen) atoms. The highest BCUT2D eigenvalue weighted by atomic mass is 32.2. The fourth-order valence-corrected chi connectivity index (χ4v) is 3.92. The number of rotatable bonds is 7. The lowest BCUT2D eigenvalue weighted by molar-refractivity contribution is 0.0474. The number of halogens is 2. The lowest BCUT2D eigenvalue weighted by atomic mass is 10.1. The van der Waals surface area contributed by atoms with Crippen LogP contribution in [-0.2, 0) is 14.6 Å². The van der Waals surface area contributed by atoms with Crippen molar-refractivity contribution < 1.29 is 31.5 Å². The Morgan fingerprint density at radius 3 is 2.19 bits per heavy atom. The van der Waals surface area contributed by atoms with E-state index in [2.05, 4.69) is 0 Å². The van der Waals surface area contributed by atoms with Gasteiger partial charge in [-0.1, -0.05) is 18.2 Å². The van der Waals surface area contributed by atoms with Gasteiger partial charge in [0.25, 0.3) is 0 Å². The van der Waals surface area contributed by atoms with Crippen molar-refractivity contribution in [2.45, 2.75) is 24.5 Å². The number of nitrogens with zero attached hydrogens (tertiary/aromatic N) is 1. The van der Waals surface area contributed by atoms with Gasteiger partial charge in [-0.25, -0.2) is 13.2 Å². The van der Waals surface area contributed by atoms with Gasteiger partial charge < -0.3 is 9.30 Å². The molecule has 2 aromatic carbocycles. The first-order valence-electron chi connectivity index (χ1n) is 9.19. The molecule has 1 aromatic heterocycles. The second kappa shape index (κ2) is 8.81. The Kier molecular flexibility index (Phi) is 6.35. The summed E-state index contributed by atoms with van der Waals surface area (Å²) in [6.07, 6.45) is 0. The number of Topliss-reactive ketones (excluding diaryl/α,β-unsaturated/α-hetero) is 1. The highest BCUT2D eigenvalue weighted by molar-refractivity contribution is 7.91. The number of alkyl halides is 2.